The van der Waals surface area contributed by atoms with Gasteiger partial charge in [0, 0.05) is 12.3 Å². The van der Waals surface area contributed by atoms with Crippen LogP contribution in [-0.2, 0) is 17.9 Å². The molecule has 6 nitrogen and oxygen atoms in total. The van der Waals surface area contributed by atoms with Crippen LogP contribution in [0.2, 0.25) is 0 Å². The number of nitrogens with one attached hydrogen (secondary N) is 1. The van der Waals surface area contributed by atoms with E-state index >= 15 is 0 Å². The molecular formula is C19H15F2N3O3. The van der Waals surface area contributed by atoms with Crippen molar-refractivity contribution in [2.75, 3.05) is 5.32 Å². The lowest BCUT2D eigenvalue weighted by Crippen LogP contribution is -2.41. The molecule has 1 amide bonds. The molecule has 0 saturated carbocycles. The van der Waals surface area contributed by atoms with Crippen LogP contribution in [0.5, 0.6) is 0 Å². The summed E-state index contributed by atoms with van der Waals surface area (Å²) in [6, 6.07) is 12.4. The monoisotopic (exact) mass is 371 g/mol. The molecule has 1 N–H and O–H groups in total. The third-order valence-corrected chi connectivity index (χ3v) is 3.83. The van der Waals surface area contributed by atoms with Crippen LogP contribution in [0.25, 0.3) is 0 Å². The maximum absolute atomic E-state index is 13.6. The van der Waals surface area contributed by atoms with Crippen molar-refractivity contribution in [3.05, 3.63) is 98.8 Å². The van der Waals surface area contributed by atoms with Gasteiger partial charge in [-0.05, 0) is 29.8 Å². The number of hydrogen-bond acceptors (Lipinski definition) is 3. The third-order valence-electron chi connectivity index (χ3n) is 3.83. The number of anilines is 1. The van der Waals surface area contributed by atoms with Crippen LogP contribution in [-0.4, -0.2) is 15.0 Å². The number of nitrogens with zero attached hydrogens (tertiary/aromatic N) is 2. The van der Waals surface area contributed by atoms with E-state index in [1.165, 1.54) is 47.2 Å². The predicted molar refractivity (Wildman–Crippen MR) is 95.5 cm³/mol. The van der Waals surface area contributed by atoms with Crippen molar-refractivity contribution >= 4 is 11.6 Å². The van der Waals surface area contributed by atoms with E-state index in [2.05, 4.69) is 5.32 Å². The number of halogens is 2. The zero-order chi connectivity index (χ0) is 19.4. The minimum atomic E-state index is -0.726. The Bertz CT molecular complexity index is 1110. The molecule has 0 atom stereocenters. The van der Waals surface area contributed by atoms with Gasteiger partial charge in [0.25, 0.3) is 5.56 Å². The van der Waals surface area contributed by atoms with Crippen molar-refractivity contribution in [1.82, 2.24) is 9.13 Å². The Morgan fingerprint density at radius 1 is 1.00 bits per heavy atom. The van der Waals surface area contributed by atoms with Crippen molar-refractivity contribution in [1.29, 1.82) is 0 Å². The second-order valence-corrected chi connectivity index (χ2v) is 5.81. The van der Waals surface area contributed by atoms with E-state index in [1.54, 1.807) is 12.1 Å². The number of hydrogen-bond donors (Lipinski definition) is 1. The molecule has 0 radical (unpaired) electrons. The van der Waals surface area contributed by atoms with Crippen LogP contribution < -0.4 is 16.6 Å². The smallest absolute Gasteiger partial charge is 0.322 e. The molecular weight excluding hydrogens is 356 g/mol. The fraction of sp³-hybridized carbons (Fsp3) is 0.105. The number of para-hydroxylation sites is 1. The Morgan fingerprint density at radius 3 is 2.52 bits per heavy atom. The van der Waals surface area contributed by atoms with Gasteiger partial charge < -0.3 is 5.32 Å². The minimum Gasteiger partial charge on any atom is -0.322 e. The first-order valence-corrected chi connectivity index (χ1v) is 8.03. The highest BCUT2D eigenvalue weighted by Gasteiger charge is 2.12. The lowest BCUT2D eigenvalue weighted by molar-refractivity contribution is -0.116. The van der Waals surface area contributed by atoms with E-state index in [-0.39, 0.29) is 12.2 Å². The summed E-state index contributed by atoms with van der Waals surface area (Å²) in [5.41, 5.74) is -0.917. The number of aromatic nitrogens is 2. The lowest BCUT2D eigenvalue weighted by Gasteiger charge is -2.11. The molecule has 0 spiro atoms. The molecule has 3 rings (SSSR count). The Morgan fingerprint density at radius 2 is 1.78 bits per heavy atom. The molecule has 0 aliphatic heterocycles. The zero-order valence-electron chi connectivity index (χ0n) is 14.1. The van der Waals surface area contributed by atoms with Crippen LogP contribution in [0, 0.1) is 11.6 Å². The molecule has 0 unspecified atom stereocenters. The SMILES string of the molecule is O=C(Cn1c(=O)ccn(Cc2cccc(F)c2)c1=O)Nc1ccccc1F. The second-order valence-electron chi connectivity index (χ2n) is 5.81. The average molecular weight is 371 g/mol. The summed E-state index contributed by atoms with van der Waals surface area (Å²) < 4.78 is 28.8. The highest BCUT2D eigenvalue weighted by atomic mass is 19.1. The zero-order valence-corrected chi connectivity index (χ0v) is 14.1. The summed E-state index contributed by atoms with van der Waals surface area (Å²) in [6.45, 7) is -0.540. The fourth-order valence-corrected chi connectivity index (χ4v) is 2.55. The second kappa shape index (κ2) is 7.77. The first-order valence-electron chi connectivity index (χ1n) is 8.03. The van der Waals surface area contributed by atoms with Crippen molar-refractivity contribution < 1.29 is 13.6 Å². The third kappa shape index (κ3) is 4.35. The maximum atomic E-state index is 13.6. The fourth-order valence-electron chi connectivity index (χ4n) is 2.55. The maximum Gasteiger partial charge on any atom is 0.331 e. The molecule has 0 aliphatic rings. The molecule has 1 aromatic heterocycles. The van der Waals surface area contributed by atoms with Gasteiger partial charge in [0.05, 0.1) is 12.2 Å². The molecule has 0 aliphatic carbocycles. The van der Waals surface area contributed by atoms with E-state index in [4.69, 9.17) is 0 Å². The van der Waals surface area contributed by atoms with Crippen molar-refractivity contribution in [2.24, 2.45) is 0 Å². The molecule has 138 valence electrons. The van der Waals surface area contributed by atoms with Crippen molar-refractivity contribution in [3.63, 3.8) is 0 Å². The van der Waals surface area contributed by atoms with Crippen LogP contribution in [0.4, 0.5) is 14.5 Å². The minimum absolute atomic E-state index is 0.0335. The number of carbonyl (C=O) groups is 1. The van der Waals surface area contributed by atoms with E-state index in [1.807, 2.05) is 0 Å². The van der Waals surface area contributed by atoms with Gasteiger partial charge in [0.2, 0.25) is 5.91 Å². The number of amides is 1. The Labute approximate surface area is 152 Å². The number of rotatable bonds is 5. The average Bonchev–Trinajstić information content (AvgIpc) is 2.63. The summed E-state index contributed by atoms with van der Waals surface area (Å²) in [5.74, 6) is -1.80. The Kier molecular flexibility index (Phi) is 5.25. The van der Waals surface area contributed by atoms with E-state index < -0.39 is 35.3 Å². The van der Waals surface area contributed by atoms with Crippen LogP contribution >= 0.6 is 0 Å². The molecule has 8 heteroatoms. The topological polar surface area (TPSA) is 73.1 Å². The Balaban J connectivity index is 1.83. The molecule has 0 fully saturated rings. The van der Waals surface area contributed by atoms with Gasteiger partial charge in [-0.15, -0.1) is 0 Å². The van der Waals surface area contributed by atoms with Crippen LogP contribution in [0.15, 0.2) is 70.4 Å². The highest BCUT2D eigenvalue weighted by molar-refractivity contribution is 5.90. The van der Waals surface area contributed by atoms with Crippen molar-refractivity contribution in [2.45, 2.75) is 13.1 Å². The van der Waals surface area contributed by atoms with Gasteiger partial charge >= 0.3 is 5.69 Å². The van der Waals surface area contributed by atoms with E-state index in [0.717, 1.165) is 10.6 Å². The predicted octanol–water partition coefficient (Wildman–Crippen LogP) is 1.98. The first-order chi connectivity index (χ1) is 12.9. The molecule has 1 heterocycles. The lowest BCUT2D eigenvalue weighted by atomic mass is 10.2. The summed E-state index contributed by atoms with van der Waals surface area (Å²) >= 11 is 0. The normalized spacial score (nSPS) is 10.6. The molecule has 3 aromatic rings. The summed E-state index contributed by atoms with van der Waals surface area (Å²) in [7, 11) is 0. The highest BCUT2D eigenvalue weighted by Crippen LogP contribution is 2.12. The molecule has 2 aromatic carbocycles. The first kappa shape index (κ1) is 18.2. The van der Waals surface area contributed by atoms with E-state index in [9.17, 15) is 23.2 Å². The van der Waals surface area contributed by atoms with Gasteiger partial charge in [-0.2, -0.15) is 0 Å². The van der Waals surface area contributed by atoms with Gasteiger partial charge in [-0.25, -0.2) is 13.6 Å². The standard InChI is InChI=1S/C19H15F2N3O3/c20-14-5-3-4-13(10-14)11-23-9-8-18(26)24(19(23)27)12-17(25)22-16-7-2-1-6-15(16)21/h1-10H,11-12H2,(H,22,25). The van der Waals surface area contributed by atoms with Gasteiger partial charge in [0.15, 0.2) is 0 Å². The Hall–Kier alpha value is -3.55. The largest absolute Gasteiger partial charge is 0.331 e. The van der Waals surface area contributed by atoms with Gasteiger partial charge in [-0.3, -0.25) is 18.7 Å². The van der Waals surface area contributed by atoms with E-state index in [0.29, 0.717) is 5.56 Å². The van der Waals surface area contributed by atoms with Crippen LogP contribution in [0.3, 0.4) is 0 Å². The summed E-state index contributed by atoms with van der Waals surface area (Å²) in [6.07, 6.45) is 1.28. The summed E-state index contributed by atoms with van der Waals surface area (Å²) in [4.78, 5) is 36.6. The van der Waals surface area contributed by atoms with Gasteiger partial charge in [-0.1, -0.05) is 24.3 Å². The van der Waals surface area contributed by atoms with Gasteiger partial charge in [0.1, 0.15) is 18.2 Å². The number of benzene rings is 2. The van der Waals surface area contributed by atoms with Crippen LogP contribution in [0.1, 0.15) is 5.56 Å². The molecule has 27 heavy (non-hydrogen) atoms. The van der Waals surface area contributed by atoms with Crippen molar-refractivity contribution in [3.8, 4) is 0 Å². The summed E-state index contributed by atoms with van der Waals surface area (Å²) in [5, 5.41) is 2.32. The quantitative estimate of drug-likeness (QED) is 0.745. The molecule has 0 saturated heterocycles. The number of carbonyl (C=O) groups excluding carboxylic acids is 1. The molecule has 0 bridgehead atoms.